The normalized spacial score (nSPS) is 20.7. The van der Waals surface area contributed by atoms with E-state index in [1.54, 1.807) is 36.5 Å². The van der Waals surface area contributed by atoms with Crippen molar-refractivity contribution >= 4 is 11.6 Å². The highest BCUT2D eigenvalue weighted by molar-refractivity contribution is 5.84. The third-order valence-electron chi connectivity index (χ3n) is 11.2. The van der Waals surface area contributed by atoms with Gasteiger partial charge in [-0.1, -0.05) is 36.4 Å². The maximum atomic E-state index is 15.2. The standard InChI is InChI=1S/C43H49N3O8/c1-53-38-21-27(10-13-33(38)47)11-14-34(48)41(35(49)15-12-28-20-37(51)42(52)39(22-28)54-2)43(29-16-18-46-40(44)24-29)30(19-26-7-4-3-5-8-26)23-36(50)32(43)25-31-9-6-17-45-31/h3-10,13,16-18,20-22,24,30,32,34,36,41,45,47-48,50-52H,11-12,14-15,19,23,25H2,1-2H3,(H2,44,46)/t30-,32+,34-,36-,41-,43-/m1/s1. The number of Topliss-reactive ketones (excluding diaryl/α,β-unsaturated/α-hetero) is 1. The van der Waals surface area contributed by atoms with Crippen molar-refractivity contribution in [2.75, 3.05) is 20.0 Å². The number of H-pyrrole nitrogens is 1. The van der Waals surface area contributed by atoms with E-state index in [2.05, 4.69) is 9.97 Å². The van der Waals surface area contributed by atoms with Crippen molar-refractivity contribution in [2.24, 2.45) is 17.8 Å². The van der Waals surface area contributed by atoms with Crippen LogP contribution in [0.1, 0.15) is 47.2 Å². The van der Waals surface area contributed by atoms with Gasteiger partial charge in [0.2, 0.25) is 5.75 Å². The first-order valence-electron chi connectivity index (χ1n) is 18.3. The number of hydrogen-bond donors (Lipinski definition) is 7. The average molecular weight is 736 g/mol. The summed E-state index contributed by atoms with van der Waals surface area (Å²) in [5.74, 6) is -2.22. The minimum absolute atomic E-state index is 0.00293. The topological polar surface area (TPSA) is 191 Å². The van der Waals surface area contributed by atoms with Crippen molar-refractivity contribution in [1.82, 2.24) is 9.97 Å². The fourth-order valence-electron chi connectivity index (χ4n) is 8.82. The number of nitrogens with zero attached hydrogens (tertiary/aromatic N) is 1. The van der Waals surface area contributed by atoms with Gasteiger partial charge in [-0.25, -0.2) is 4.98 Å². The Morgan fingerprint density at radius 3 is 2.35 bits per heavy atom. The van der Waals surface area contributed by atoms with Crippen LogP contribution in [0.4, 0.5) is 5.82 Å². The maximum absolute atomic E-state index is 15.2. The molecule has 3 aromatic carbocycles. The fourth-order valence-corrected chi connectivity index (χ4v) is 8.82. The van der Waals surface area contributed by atoms with Crippen LogP contribution in [0.2, 0.25) is 0 Å². The quantitative estimate of drug-likeness (QED) is 0.0623. The molecule has 0 unspecified atom stereocenters. The van der Waals surface area contributed by atoms with Crippen LogP contribution in [0.15, 0.2) is 97.3 Å². The summed E-state index contributed by atoms with van der Waals surface area (Å²) in [5.41, 5.74) is 9.28. The fraction of sp³-hybridized carbons (Fsp3) is 0.349. The van der Waals surface area contributed by atoms with Crippen LogP contribution < -0.4 is 15.2 Å². The first-order chi connectivity index (χ1) is 26.0. The number of aromatic nitrogens is 2. The van der Waals surface area contributed by atoms with E-state index in [4.69, 9.17) is 15.2 Å². The van der Waals surface area contributed by atoms with Crippen molar-refractivity contribution in [3.8, 4) is 28.7 Å². The summed E-state index contributed by atoms with van der Waals surface area (Å²) in [5, 5.41) is 55.7. The van der Waals surface area contributed by atoms with Crippen molar-refractivity contribution in [3.05, 3.63) is 125 Å². The number of benzene rings is 3. The highest BCUT2D eigenvalue weighted by Gasteiger charge is 2.62. The molecular weight excluding hydrogens is 686 g/mol. The number of rotatable bonds is 16. The molecule has 0 amide bonds. The molecule has 0 aliphatic heterocycles. The monoisotopic (exact) mass is 735 g/mol. The van der Waals surface area contributed by atoms with E-state index in [0.29, 0.717) is 37.0 Å². The van der Waals surface area contributed by atoms with Crippen LogP contribution in [0, 0.1) is 17.8 Å². The predicted molar refractivity (Wildman–Crippen MR) is 205 cm³/mol. The second-order valence-electron chi connectivity index (χ2n) is 14.3. The molecule has 11 heteroatoms. The number of ether oxygens (including phenoxy) is 2. The number of phenolic OH excluding ortho intramolecular Hbond substituents is 3. The lowest BCUT2D eigenvalue weighted by molar-refractivity contribution is -0.133. The van der Waals surface area contributed by atoms with Crippen molar-refractivity contribution in [2.45, 2.75) is 62.6 Å². The van der Waals surface area contributed by atoms with Crippen molar-refractivity contribution in [1.29, 1.82) is 0 Å². The molecule has 6 atom stereocenters. The number of nitrogen functional groups attached to an aromatic ring is 1. The molecule has 5 aromatic rings. The van der Waals surface area contributed by atoms with Gasteiger partial charge < -0.3 is 45.7 Å². The van der Waals surface area contributed by atoms with Crippen LogP contribution in [0.3, 0.4) is 0 Å². The van der Waals surface area contributed by atoms with E-state index in [9.17, 15) is 25.5 Å². The van der Waals surface area contributed by atoms with Crippen LogP contribution in [-0.2, 0) is 35.9 Å². The van der Waals surface area contributed by atoms with Gasteiger partial charge in [-0.2, -0.15) is 0 Å². The Kier molecular flexibility index (Phi) is 11.8. The molecule has 8 N–H and O–H groups in total. The minimum atomic E-state index is -1.19. The minimum Gasteiger partial charge on any atom is -0.504 e. The smallest absolute Gasteiger partial charge is 0.200 e. The Bertz CT molecular complexity index is 2020. The molecule has 1 aliphatic carbocycles. The molecule has 6 rings (SSSR count). The van der Waals surface area contributed by atoms with E-state index in [1.165, 1.54) is 20.3 Å². The summed E-state index contributed by atoms with van der Waals surface area (Å²) >= 11 is 0. The highest BCUT2D eigenvalue weighted by atomic mass is 16.5. The molecule has 2 heterocycles. The lowest BCUT2D eigenvalue weighted by atomic mass is 9.54. The molecule has 0 saturated heterocycles. The summed E-state index contributed by atoms with van der Waals surface area (Å²) < 4.78 is 10.6. The number of nitrogens with one attached hydrogen (secondary N) is 1. The second kappa shape index (κ2) is 16.7. The third kappa shape index (κ3) is 7.88. The largest absolute Gasteiger partial charge is 0.504 e. The van der Waals surface area contributed by atoms with Crippen molar-refractivity contribution < 1.29 is 39.8 Å². The van der Waals surface area contributed by atoms with E-state index in [-0.39, 0.29) is 54.0 Å². The third-order valence-corrected chi connectivity index (χ3v) is 11.2. The number of aliphatic hydroxyl groups excluding tert-OH is 2. The molecule has 0 bridgehead atoms. The first-order valence-corrected chi connectivity index (χ1v) is 18.3. The summed E-state index contributed by atoms with van der Waals surface area (Å²) in [6.07, 6.45) is 3.43. The maximum Gasteiger partial charge on any atom is 0.200 e. The number of carbonyl (C=O) groups excluding carboxylic acids is 1. The van der Waals surface area contributed by atoms with Crippen LogP contribution >= 0.6 is 0 Å². The number of hydrogen-bond acceptors (Lipinski definition) is 10. The average Bonchev–Trinajstić information content (AvgIpc) is 3.78. The van der Waals surface area contributed by atoms with Gasteiger partial charge >= 0.3 is 0 Å². The molecule has 284 valence electrons. The Balaban J connectivity index is 1.50. The molecule has 1 aliphatic rings. The van der Waals surface area contributed by atoms with E-state index in [1.807, 2.05) is 54.7 Å². The second-order valence-corrected chi connectivity index (χ2v) is 14.3. The Morgan fingerprint density at radius 2 is 1.65 bits per heavy atom. The van der Waals surface area contributed by atoms with Crippen LogP contribution in [0.5, 0.6) is 28.7 Å². The van der Waals surface area contributed by atoms with Crippen molar-refractivity contribution in [3.63, 3.8) is 0 Å². The lowest BCUT2D eigenvalue weighted by Gasteiger charge is -2.48. The number of aliphatic hydroxyl groups is 2. The summed E-state index contributed by atoms with van der Waals surface area (Å²) in [6.45, 7) is 0. The number of anilines is 1. The van der Waals surface area contributed by atoms with E-state index >= 15 is 4.79 Å². The number of methoxy groups -OCH3 is 2. The van der Waals surface area contributed by atoms with Gasteiger partial charge in [0, 0.05) is 35.8 Å². The molecule has 0 spiro atoms. The molecular formula is C43H49N3O8. The van der Waals surface area contributed by atoms with Gasteiger partial charge in [-0.05, 0) is 115 Å². The van der Waals surface area contributed by atoms with E-state index < -0.39 is 35.2 Å². The molecule has 1 fully saturated rings. The number of pyridine rings is 1. The zero-order chi connectivity index (χ0) is 38.4. The van der Waals surface area contributed by atoms with Crippen LogP contribution in [-0.4, -0.2) is 67.7 Å². The van der Waals surface area contributed by atoms with Gasteiger partial charge in [-0.3, -0.25) is 4.79 Å². The number of phenols is 3. The Hall–Kier alpha value is -5.52. The SMILES string of the molecule is COc1cc(CC[C@@H](O)[C@H](C(=O)CCc2cc(O)c(O)c(OC)c2)[C@]2(c3ccnc(N)c3)[C@H](Cc3ccccc3)C[C@@H](O)[C@@H]2Cc2ccc[nH]2)ccc1O. The number of carbonyl (C=O) groups is 1. The van der Waals surface area contributed by atoms with Gasteiger partial charge in [0.1, 0.15) is 11.6 Å². The number of ketones is 1. The zero-order valence-electron chi connectivity index (χ0n) is 30.6. The van der Waals surface area contributed by atoms with Crippen LogP contribution in [0.25, 0.3) is 0 Å². The lowest BCUT2D eigenvalue weighted by Crippen LogP contribution is -2.54. The molecule has 0 radical (unpaired) electrons. The molecule has 54 heavy (non-hydrogen) atoms. The first kappa shape index (κ1) is 38.2. The van der Waals surface area contributed by atoms with Gasteiger partial charge in [0.15, 0.2) is 23.0 Å². The van der Waals surface area contributed by atoms with Gasteiger partial charge in [0.05, 0.1) is 32.3 Å². The Morgan fingerprint density at radius 1 is 0.889 bits per heavy atom. The molecule has 1 saturated carbocycles. The van der Waals surface area contributed by atoms with Gasteiger partial charge in [0.25, 0.3) is 0 Å². The summed E-state index contributed by atoms with van der Waals surface area (Å²) in [6, 6.07) is 25.4. The highest BCUT2D eigenvalue weighted by Crippen LogP contribution is 2.58. The predicted octanol–water partition coefficient (Wildman–Crippen LogP) is 5.66. The Labute approximate surface area is 315 Å². The number of aromatic amines is 1. The number of aromatic hydroxyl groups is 3. The van der Waals surface area contributed by atoms with Gasteiger partial charge in [-0.15, -0.1) is 0 Å². The number of aryl methyl sites for hydroxylation is 2. The summed E-state index contributed by atoms with van der Waals surface area (Å²) in [4.78, 5) is 22.8. The molecule has 2 aromatic heterocycles. The van der Waals surface area contributed by atoms with E-state index in [0.717, 1.165) is 22.4 Å². The summed E-state index contributed by atoms with van der Waals surface area (Å²) in [7, 11) is 2.85. The zero-order valence-corrected chi connectivity index (χ0v) is 30.6. The number of nitrogens with two attached hydrogens (primary N) is 1. The molecule has 11 nitrogen and oxygen atoms in total.